The number of hydrogen-bond donors (Lipinski definition) is 3. The number of imidazole rings is 1. The van der Waals surface area contributed by atoms with Crippen LogP contribution in [0.3, 0.4) is 0 Å². The number of nitrogens with zero attached hydrogens (tertiary/aromatic N) is 2. The average Bonchev–Trinajstić information content (AvgIpc) is 3.48. The van der Waals surface area contributed by atoms with E-state index < -0.39 is 17.9 Å². The first-order chi connectivity index (χ1) is 18.9. The SMILES string of the molecule is C[C@H](c1ccccc1)N1C(=O)c2ccccc2C1(O)c1ccc2nc(NC(=O)OCc3ccccc3)[nH]c2c1. The zero-order chi connectivity index (χ0) is 27.0. The first kappa shape index (κ1) is 24.4. The lowest BCUT2D eigenvalue weighted by Gasteiger charge is -2.39. The van der Waals surface area contributed by atoms with Crippen molar-refractivity contribution in [2.45, 2.75) is 25.3 Å². The summed E-state index contributed by atoms with van der Waals surface area (Å²) in [5.74, 6) is -0.0395. The van der Waals surface area contributed by atoms with E-state index in [2.05, 4.69) is 15.3 Å². The van der Waals surface area contributed by atoms with Crippen molar-refractivity contribution in [2.24, 2.45) is 0 Å². The van der Waals surface area contributed by atoms with Crippen molar-refractivity contribution in [3.05, 3.63) is 131 Å². The monoisotopic (exact) mass is 518 g/mol. The molecule has 0 bridgehead atoms. The van der Waals surface area contributed by atoms with Gasteiger partial charge >= 0.3 is 6.09 Å². The molecule has 6 rings (SSSR count). The van der Waals surface area contributed by atoms with Gasteiger partial charge in [0.25, 0.3) is 5.91 Å². The average molecular weight is 519 g/mol. The largest absolute Gasteiger partial charge is 0.444 e. The van der Waals surface area contributed by atoms with Gasteiger partial charge in [0.2, 0.25) is 5.95 Å². The Morgan fingerprint density at radius 2 is 1.69 bits per heavy atom. The van der Waals surface area contributed by atoms with Gasteiger partial charge < -0.3 is 14.8 Å². The Morgan fingerprint density at radius 3 is 2.46 bits per heavy atom. The minimum absolute atomic E-state index is 0.132. The predicted molar refractivity (Wildman–Crippen MR) is 147 cm³/mol. The number of carbonyl (C=O) groups excluding carboxylic acids is 2. The molecule has 194 valence electrons. The van der Waals surface area contributed by atoms with Crippen LogP contribution in [0.2, 0.25) is 0 Å². The molecular weight excluding hydrogens is 492 g/mol. The Kier molecular flexibility index (Phi) is 6.09. The molecule has 0 radical (unpaired) electrons. The molecule has 1 unspecified atom stereocenters. The molecule has 0 saturated carbocycles. The molecular formula is C31H26N4O4. The van der Waals surface area contributed by atoms with Gasteiger partial charge in [-0.1, -0.05) is 84.9 Å². The third-order valence-electron chi connectivity index (χ3n) is 7.09. The molecule has 2 amide bonds. The first-order valence-electron chi connectivity index (χ1n) is 12.6. The first-order valence-corrected chi connectivity index (χ1v) is 12.6. The summed E-state index contributed by atoms with van der Waals surface area (Å²) < 4.78 is 5.29. The number of rotatable bonds is 6. The van der Waals surface area contributed by atoms with Crippen LogP contribution in [0, 0.1) is 0 Å². The number of anilines is 1. The molecule has 1 aromatic heterocycles. The fraction of sp³-hybridized carbons (Fsp3) is 0.129. The maximum atomic E-state index is 13.6. The highest BCUT2D eigenvalue weighted by atomic mass is 16.5. The summed E-state index contributed by atoms with van der Waals surface area (Å²) in [6.07, 6.45) is -0.644. The van der Waals surface area contributed by atoms with Crippen molar-refractivity contribution in [3.63, 3.8) is 0 Å². The molecule has 1 aliphatic rings. The zero-order valence-corrected chi connectivity index (χ0v) is 21.2. The number of aliphatic hydroxyl groups is 1. The number of nitrogens with one attached hydrogen (secondary N) is 2. The Morgan fingerprint density at radius 1 is 1.00 bits per heavy atom. The number of ether oxygens (including phenoxy) is 1. The molecule has 0 fully saturated rings. The minimum atomic E-state index is -1.72. The molecule has 1 aliphatic heterocycles. The van der Waals surface area contributed by atoms with E-state index in [0.29, 0.717) is 27.7 Å². The van der Waals surface area contributed by atoms with Crippen molar-refractivity contribution < 1.29 is 19.4 Å². The van der Waals surface area contributed by atoms with Gasteiger partial charge in [0.1, 0.15) is 6.61 Å². The number of fused-ring (bicyclic) bond motifs is 2. The molecule has 4 aromatic carbocycles. The minimum Gasteiger partial charge on any atom is -0.444 e. The number of carbonyl (C=O) groups is 2. The lowest BCUT2D eigenvalue weighted by Crippen LogP contribution is -2.46. The van der Waals surface area contributed by atoms with E-state index in [-0.39, 0.29) is 18.5 Å². The number of H-pyrrole nitrogens is 1. The second kappa shape index (κ2) is 9.74. The lowest BCUT2D eigenvalue weighted by molar-refractivity contribution is -0.0676. The van der Waals surface area contributed by atoms with Gasteiger partial charge in [-0.25, -0.2) is 9.78 Å². The van der Waals surface area contributed by atoms with Gasteiger partial charge in [-0.2, -0.15) is 0 Å². The predicted octanol–water partition coefficient (Wildman–Crippen LogP) is 5.72. The van der Waals surface area contributed by atoms with E-state index >= 15 is 0 Å². The maximum Gasteiger partial charge on any atom is 0.414 e. The summed E-state index contributed by atoms with van der Waals surface area (Å²) in [6, 6.07) is 30.9. The highest BCUT2D eigenvalue weighted by Crippen LogP contribution is 2.47. The van der Waals surface area contributed by atoms with Gasteiger partial charge in [-0.3, -0.25) is 15.0 Å². The van der Waals surface area contributed by atoms with Crippen LogP contribution in [0.4, 0.5) is 10.7 Å². The maximum absolute atomic E-state index is 13.6. The topological polar surface area (TPSA) is 108 Å². The molecule has 2 heterocycles. The van der Waals surface area contributed by atoms with E-state index in [4.69, 9.17) is 4.74 Å². The molecule has 3 N–H and O–H groups in total. The van der Waals surface area contributed by atoms with Gasteiger partial charge in [0, 0.05) is 16.7 Å². The molecule has 0 saturated heterocycles. The summed E-state index contributed by atoms with van der Waals surface area (Å²) in [5.41, 5.74) is 2.69. The number of aromatic amines is 1. The van der Waals surface area contributed by atoms with Crippen LogP contribution < -0.4 is 5.32 Å². The molecule has 39 heavy (non-hydrogen) atoms. The zero-order valence-electron chi connectivity index (χ0n) is 21.2. The number of benzene rings is 4. The Hall–Kier alpha value is -4.95. The van der Waals surface area contributed by atoms with Crippen molar-refractivity contribution in [3.8, 4) is 0 Å². The van der Waals surface area contributed by atoms with Crippen molar-refractivity contribution >= 4 is 29.0 Å². The van der Waals surface area contributed by atoms with Crippen LogP contribution in [-0.4, -0.2) is 32.0 Å². The third kappa shape index (κ3) is 4.30. The fourth-order valence-electron chi connectivity index (χ4n) is 5.15. The fourth-order valence-corrected chi connectivity index (χ4v) is 5.15. The second-order valence-electron chi connectivity index (χ2n) is 9.48. The van der Waals surface area contributed by atoms with E-state index in [1.54, 1.807) is 36.4 Å². The smallest absolute Gasteiger partial charge is 0.414 e. The molecule has 0 spiro atoms. The van der Waals surface area contributed by atoms with Crippen LogP contribution in [0.15, 0.2) is 103 Å². The molecule has 8 nitrogen and oxygen atoms in total. The summed E-state index contributed by atoms with van der Waals surface area (Å²) in [6.45, 7) is 2.04. The van der Waals surface area contributed by atoms with E-state index in [0.717, 1.165) is 11.1 Å². The van der Waals surface area contributed by atoms with Crippen LogP contribution in [0.5, 0.6) is 0 Å². The normalized spacial score (nSPS) is 17.2. The second-order valence-corrected chi connectivity index (χ2v) is 9.48. The van der Waals surface area contributed by atoms with E-state index in [9.17, 15) is 14.7 Å². The Labute approximate surface area is 224 Å². The number of aromatic nitrogens is 2. The van der Waals surface area contributed by atoms with Crippen LogP contribution in [-0.2, 0) is 17.1 Å². The van der Waals surface area contributed by atoms with Crippen LogP contribution in [0.1, 0.15) is 45.6 Å². The lowest BCUT2D eigenvalue weighted by atomic mass is 9.92. The standard InChI is InChI=1S/C31H26N4O4/c1-20(22-12-6-3-7-13-22)35-28(36)24-14-8-9-15-25(24)31(35,38)23-16-17-26-27(18-23)33-29(32-26)34-30(37)39-19-21-10-4-2-5-11-21/h2-18,20,38H,19H2,1H3,(H2,32,33,34,37)/t20-,31?/m1/s1. The van der Waals surface area contributed by atoms with Crippen LogP contribution >= 0.6 is 0 Å². The molecule has 0 aliphatic carbocycles. The highest BCUT2D eigenvalue weighted by Gasteiger charge is 2.52. The van der Waals surface area contributed by atoms with E-state index in [1.807, 2.05) is 73.7 Å². The summed E-state index contributed by atoms with van der Waals surface area (Å²) >= 11 is 0. The molecule has 2 atom stereocenters. The van der Waals surface area contributed by atoms with Crippen molar-refractivity contribution in [1.29, 1.82) is 0 Å². The Bertz CT molecular complexity index is 1670. The summed E-state index contributed by atoms with van der Waals surface area (Å²) in [7, 11) is 0. The van der Waals surface area contributed by atoms with Crippen LogP contribution in [0.25, 0.3) is 11.0 Å². The van der Waals surface area contributed by atoms with Crippen molar-refractivity contribution in [2.75, 3.05) is 5.32 Å². The van der Waals surface area contributed by atoms with Gasteiger partial charge in [-0.15, -0.1) is 0 Å². The third-order valence-corrected chi connectivity index (χ3v) is 7.09. The number of hydrogen-bond acceptors (Lipinski definition) is 5. The van der Waals surface area contributed by atoms with Crippen molar-refractivity contribution in [1.82, 2.24) is 14.9 Å². The summed E-state index contributed by atoms with van der Waals surface area (Å²) in [5, 5.41) is 15.0. The highest BCUT2D eigenvalue weighted by molar-refractivity contribution is 6.01. The summed E-state index contributed by atoms with van der Waals surface area (Å²) in [4.78, 5) is 35.0. The number of amides is 2. The van der Waals surface area contributed by atoms with E-state index in [1.165, 1.54) is 4.90 Å². The van der Waals surface area contributed by atoms with Gasteiger partial charge in [-0.05, 0) is 36.2 Å². The van der Waals surface area contributed by atoms with Gasteiger partial charge in [0.05, 0.1) is 17.1 Å². The molecule has 8 heteroatoms. The quantitative estimate of drug-likeness (QED) is 0.266. The molecule has 5 aromatic rings. The Balaban J connectivity index is 1.32. The van der Waals surface area contributed by atoms with Gasteiger partial charge in [0.15, 0.2) is 5.72 Å².